The number of pyridine rings is 1. The van der Waals surface area contributed by atoms with Crippen molar-refractivity contribution in [3.05, 3.63) is 45.2 Å². The van der Waals surface area contributed by atoms with Crippen LogP contribution < -0.4 is 17.0 Å². The lowest BCUT2D eigenvalue weighted by molar-refractivity contribution is 1.16. The third-order valence-electron chi connectivity index (χ3n) is 3.13. The highest BCUT2D eigenvalue weighted by molar-refractivity contribution is 6.31. The van der Waals surface area contributed by atoms with Crippen LogP contribution in [0.3, 0.4) is 0 Å². The number of halogens is 1. The molecule has 0 spiro atoms. The summed E-state index contributed by atoms with van der Waals surface area (Å²) in [5.74, 6) is -0.103. The smallest absolute Gasteiger partial charge is 0.262 e. The first-order valence-electron chi connectivity index (χ1n) is 6.16. The molecule has 22 heavy (non-hydrogen) atoms. The molecule has 0 atom stereocenters. The molecule has 0 radical (unpaired) electrons. The molecule has 0 unspecified atom stereocenters. The lowest BCUT2D eigenvalue weighted by atomic mass is 9.98. The van der Waals surface area contributed by atoms with E-state index in [0.717, 1.165) is 0 Å². The molecule has 0 saturated heterocycles. The summed E-state index contributed by atoms with van der Waals surface area (Å²) in [7, 11) is 0. The van der Waals surface area contributed by atoms with Gasteiger partial charge in [-0.15, -0.1) is 0 Å². The highest BCUT2D eigenvalue weighted by Crippen LogP contribution is 2.32. The highest BCUT2D eigenvalue weighted by Gasteiger charge is 2.19. The Labute approximate surface area is 129 Å². The van der Waals surface area contributed by atoms with Crippen molar-refractivity contribution in [2.75, 3.05) is 11.5 Å². The fourth-order valence-corrected chi connectivity index (χ4v) is 2.44. The van der Waals surface area contributed by atoms with E-state index in [0.29, 0.717) is 16.1 Å². The van der Waals surface area contributed by atoms with Crippen molar-refractivity contribution in [3.8, 4) is 17.2 Å². The summed E-state index contributed by atoms with van der Waals surface area (Å²) in [6, 6.07) is 8.72. The zero-order chi connectivity index (χ0) is 15.9. The molecule has 0 amide bonds. The van der Waals surface area contributed by atoms with Crippen LogP contribution in [0.5, 0.6) is 0 Å². The molecule has 8 heteroatoms. The van der Waals surface area contributed by atoms with E-state index < -0.39 is 5.56 Å². The lowest BCUT2D eigenvalue weighted by Gasteiger charge is -2.10. The minimum atomic E-state index is -0.499. The van der Waals surface area contributed by atoms with E-state index in [2.05, 4.69) is 15.0 Å². The first-order valence-corrected chi connectivity index (χ1v) is 6.54. The normalized spacial score (nSPS) is 10.5. The summed E-state index contributed by atoms with van der Waals surface area (Å²) in [6.45, 7) is 0. The van der Waals surface area contributed by atoms with Crippen molar-refractivity contribution in [1.82, 2.24) is 15.0 Å². The van der Waals surface area contributed by atoms with Gasteiger partial charge in [0.1, 0.15) is 17.5 Å². The van der Waals surface area contributed by atoms with Gasteiger partial charge in [-0.2, -0.15) is 10.2 Å². The van der Waals surface area contributed by atoms with E-state index in [-0.39, 0.29) is 28.4 Å². The molecule has 0 fully saturated rings. The number of nitriles is 1. The average molecular weight is 313 g/mol. The van der Waals surface area contributed by atoms with Gasteiger partial charge in [0.25, 0.3) is 5.56 Å². The molecule has 0 aliphatic heterocycles. The molecule has 2 heterocycles. The summed E-state index contributed by atoms with van der Waals surface area (Å²) in [5, 5.41) is 9.98. The van der Waals surface area contributed by atoms with E-state index in [9.17, 15) is 10.1 Å². The molecule has 0 bridgehead atoms. The Kier molecular flexibility index (Phi) is 3.16. The number of hydrogen-bond acceptors (Lipinski definition) is 6. The molecule has 0 aliphatic rings. The average Bonchev–Trinajstić information content (AvgIpc) is 2.45. The second-order valence-electron chi connectivity index (χ2n) is 4.52. The van der Waals surface area contributed by atoms with Gasteiger partial charge in [-0.3, -0.25) is 9.78 Å². The van der Waals surface area contributed by atoms with Gasteiger partial charge in [-0.25, -0.2) is 4.98 Å². The van der Waals surface area contributed by atoms with Crippen LogP contribution in [0, 0.1) is 11.3 Å². The van der Waals surface area contributed by atoms with Gasteiger partial charge in [-0.05, 0) is 17.7 Å². The maximum atomic E-state index is 12.3. The minimum Gasteiger partial charge on any atom is -0.383 e. The monoisotopic (exact) mass is 312 g/mol. The maximum absolute atomic E-state index is 12.3. The zero-order valence-electron chi connectivity index (χ0n) is 11.1. The number of aromatic nitrogens is 3. The maximum Gasteiger partial charge on any atom is 0.262 e. The van der Waals surface area contributed by atoms with Crippen LogP contribution in [-0.2, 0) is 0 Å². The molecule has 5 N–H and O–H groups in total. The molecule has 108 valence electrons. The van der Waals surface area contributed by atoms with E-state index in [1.165, 1.54) is 0 Å². The summed E-state index contributed by atoms with van der Waals surface area (Å²) >= 11 is 5.99. The molecule has 7 nitrogen and oxygen atoms in total. The van der Waals surface area contributed by atoms with Gasteiger partial charge in [0.2, 0.25) is 5.95 Å². The highest BCUT2D eigenvalue weighted by atomic mass is 35.5. The van der Waals surface area contributed by atoms with Crippen molar-refractivity contribution in [2.24, 2.45) is 0 Å². The van der Waals surface area contributed by atoms with Gasteiger partial charge >= 0.3 is 0 Å². The molecule has 2 aromatic heterocycles. The van der Waals surface area contributed by atoms with E-state index in [1.807, 2.05) is 6.07 Å². The van der Waals surface area contributed by atoms with Crippen molar-refractivity contribution < 1.29 is 0 Å². The van der Waals surface area contributed by atoms with Gasteiger partial charge in [0.15, 0.2) is 5.65 Å². The molecule has 0 aliphatic carbocycles. The summed E-state index contributed by atoms with van der Waals surface area (Å²) in [5.41, 5.74) is 11.9. The largest absolute Gasteiger partial charge is 0.383 e. The zero-order valence-corrected chi connectivity index (χ0v) is 11.8. The quantitative estimate of drug-likeness (QED) is 0.625. The van der Waals surface area contributed by atoms with Crippen LogP contribution in [-0.4, -0.2) is 15.0 Å². The van der Waals surface area contributed by atoms with Crippen LogP contribution in [0.15, 0.2) is 29.1 Å². The number of anilines is 2. The van der Waals surface area contributed by atoms with Gasteiger partial charge in [-0.1, -0.05) is 23.7 Å². The lowest BCUT2D eigenvalue weighted by Crippen LogP contribution is -2.15. The number of nitrogens with zero attached hydrogens (tertiary/aromatic N) is 3. The first kappa shape index (κ1) is 13.9. The van der Waals surface area contributed by atoms with Gasteiger partial charge in [0, 0.05) is 10.6 Å². The Morgan fingerprint density at radius 2 is 2.05 bits per heavy atom. The molecule has 3 aromatic rings. The molecule has 0 saturated carbocycles. The molecular weight excluding hydrogens is 304 g/mol. The van der Waals surface area contributed by atoms with Crippen LogP contribution in [0.4, 0.5) is 11.8 Å². The summed E-state index contributed by atoms with van der Waals surface area (Å²) in [6.07, 6.45) is 0. The predicted octanol–water partition coefficient (Wildman–Crippen LogP) is 1.67. The topological polar surface area (TPSA) is 134 Å². The Hall–Kier alpha value is -3.11. The molecule has 3 rings (SSSR count). The number of hydrogen-bond donors (Lipinski definition) is 3. The van der Waals surface area contributed by atoms with Crippen LogP contribution in [0.2, 0.25) is 5.02 Å². The third-order valence-corrected chi connectivity index (χ3v) is 3.36. The first-order chi connectivity index (χ1) is 10.5. The van der Waals surface area contributed by atoms with Crippen LogP contribution in [0.1, 0.15) is 5.56 Å². The second kappa shape index (κ2) is 5.02. The van der Waals surface area contributed by atoms with Crippen LogP contribution in [0.25, 0.3) is 22.2 Å². The fraction of sp³-hybridized carbons (Fsp3) is 0. The van der Waals surface area contributed by atoms with Crippen molar-refractivity contribution >= 4 is 34.4 Å². The molecule has 1 aromatic carbocycles. The van der Waals surface area contributed by atoms with Crippen molar-refractivity contribution in [2.45, 2.75) is 0 Å². The van der Waals surface area contributed by atoms with Gasteiger partial charge in [0.05, 0.1) is 5.39 Å². The number of benzene rings is 1. The Morgan fingerprint density at radius 3 is 2.73 bits per heavy atom. The van der Waals surface area contributed by atoms with E-state index in [4.69, 9.17) is 23.1 Å². The number of nitrogen functional groups attached to an aromatic ring is 2. The standard InChI is InChI=1S/C14H9ClN6O/c15-7-3-1-2-6(4-7)9-8(5-16)11(17)19-12-10(9)13(22)21-14(18)20-12/h1-4H,(H5,17,18,19,20,21,22). The van der Waals surface area contributed by atoms with E-state index in [1.54, 1.807) is 24.3 Å². The van der Waals surface area contributed by atoms with Crippen molar-refractivity contribution in [1.29, 1.82) is 5.26 Å². The Bertz CT molecular complexity index is 1000. The predicted molar refractivity (Wildman–Crippen MR) is 84.1 cm³/mol. The third kappa shape index (κ3) is 2.12. The number of nitrogens with two attached hydrogens (primary N) is 2. The number of nitrogens with one attached hydrogen (secondary N) is 1. The Balaban J connectivity index is 2.56. The van der Waals surface area contributed by atoms with Crippen LogP contribution >= 0.6 is 11.6 Å². The number of fused-ring (bicyclic) bond motifs is 1. The number of H-pyrrole nitrogens is 1. The fourth-order valence-electron chi connectivity index (χ4n) is 2.25. The SMILES string of the molecule is N#Cc1c(N)nc2nc(N)[nH]c(=O)c2c1-c1cccc(Cl)c1. The minimum absolute atomic E-state index is 0.0255. The van der Waals surface area contributed by atoms with Gasteiger partial charge < -0.3 is 11.5 Å². The second-order valence-corrected chi connectivity index (χ2v) is 4.96. The molecular formula is C14H9ClN6O. The number of aromatic amines is 1. The Morgan fingerprint density at radius 1 is 1.27 bits per heavy atom. The summed E-state index contributed by atoms with van der Waals surface area (Å²) in [4.78, 5) is 22.6. The van der Waals surface area contributed by atoms with Crippen molar-refractivity contribution in [3.63, 3.8) is 0 Å². The van der Waals surface area contributed by atoms with E-state index >= 15 is 0 Å². The number of rotatable bonds is 1. The summed E-state index contributed by atoms with van der Waals surface area (Å²) < 4.78 is 0.